The smallest absolute Gasteiger partial charge is 0.433 e. The van der Waals surface area contributed by atoms with Crippen molar-refractivity contribution >= 4 is 11.6 Å². The summed E-state index contributed by atoms with van der Waals surface area (Å²) in [4.78, 5) is 15.5. The Kier molecular flexibility index (Phi) is 7.00. The maximum atomic E-state index is 13.0. The molecule has 0 bridgehead atoms. The van der Waals surface area contributed by atoms with Crippen LogP contribution in [-0.4, -0.2) is 52.1 Å². The summed E-state index contributed by atoms with van der Waals surface area (Å²) in [6, 6.07) is 4.89. The maximum absolute atomic E-state index is 13.0. The quantitative estimate of drug-likeness (QED) is 0.261. The molecule has 0 aliphatic rings. The van der Waals surface area contributed by atoms with Crippen molar-refractivity contribution < 1.29 is 31.1 Å². The van der Waals surface area contributed by atoms with Crippen molar-refractivity contribution in [2.24, 2.45) is 5.92 Å². The van der Waals surface area contributed by atoms with Gasteiger partial charge in [-0.15, -0.1) is 5.10 Å². The standard InChI is InChI=1S/C25H21F6N9O/c1-13(2)21(14-3-4-19(33-7-14)25(29,30)31)39-11-17(10-36-39)15-5-18(40-20(6-15)37-22(32)38-40)16-8-34-23(35-9-16)41-12-24(26,27)28/h3-11,13,21H,12H2,1-2H3,(H2,32,38). The second-order valence-electron chi connectivity index (χ2n) is 9.40. The summed E-state index contributed by atoms with van der Waals surface area (Å²) in [6.07, 6.45) is -2.00. The van der Waals surface area contributed by atoms with Crippen molar-refractivity contribution in [2.45, 2.75) is 32.2 Å². The number of nitrogens with zero attached hydrogens (tertiary/aromatic N) is 8. The molecule has 0 aliphatic carbocycles. The Hall–Kier alpha value is -4.76. The van der Waals surface area contributed by atoms with E-state index in [4.69, 9.17) is 5.73 Å². The summed E-state index contributed by atoms with van der Waals surface area (Å²) < 4.78 is 84.0. The Bertz CT molecular complexity index is 1660. The SMILES string of the molecule is CC(C)C(c1ccc(C(F)(F)F)nc1)n1cc(-c2cc(-c3cnc(OCC(F)(F)F)nc3)n3nc(N)nc3c2)cn1. The molecular formula is C25H21F6N9O. The van der Waals surface area contributed by atoms with Gasteiger partial charge >= 0.3 is 18.4 Å². The number of halogens is 6. The predicted molar refractivity (Wildman–Crippen MR) is 133 cm³/mol. The average Bonchev–Trinajstić information content (AvgIpc) is 3.53. The van der Waals surface area contributed by atoms with E-state index < -0.39 is 36.7 Å². The van der Waals surface area contributed by atoms with Crippen molar-refractivity contribution in [3.8, 4) is 28.4 Å². The fourth-order valence-electron chi connectivity index (χ4n) is 4.27. The third-order valence-corrected chi connectivity index (χ3v) is 6.01. The van der Waals surface area contributed by atoms with Crippen LogP contribution in [0.25, 0.3) is 28.0 Å². The summed E-state index contributed by atoms with van der Waals surface area (Å²) >= 11 is 0. The van der Waals surface area contributed by atoms with Gasteiger partial charge in [0, 0.05) is 35.9 Å². The number of nitrogens with two attached hydrogens (primary N) is 1. The molecular weight excluding hydrogens is 556 g/mol. The highest BCUT2D eigenvalue weighted by molar-refractivity contribution is 5.74. The number of ether oxygens (including phenoxy) is 1. The number of hydrogen-bond donors (Lipinski definition) is 1. The second-order valence-corrected chi connectivity index (χ2v) is 9.40. The summed E-state index contributed by atoms with van der Waals surface area (Å²) in [5, 5.41) is 8.64. The van der Waals surface area contributed by atoms with Gasteiger partial charge in [-0.1, -0.05) is 19.9 Å². The molecule has 10 nitrogen and oxygen atoms in total. The van der Waals surface area contributed by atoms with Gasteiger partial charge in [-0.2, -0.15) is 36.4 Å². The Morgan fingerprint density at radius 2 is 1.63 bits per heavy atom. The molecule has 0 spiro atoms. The molecule has 0 radical (unpaired) electrons. The third kappa shape index (κ3) is 6.05. The summed E-state index contributed by atoms with van der Waals surface area (Å²) in [7, 11) is 0. The Morgan fingerprint density at radius 3 is 2.24 bits per heavy atom. The topological polar surface area (TPSA) is 122 Å². The van der Waals surface area contributed by atoms with Gasteiger partial charge in [-0.3, -0.25) is 9.67 Å². The number of alkyl halides is 6. The van der Waals surface area contributed by atoms with Gasteiger partial charge in [0.25, 0.3) is 0 Å². The van der Waals surface area contributed by atoms with E-state index in [2.05, 4.69) is 34.9 Å². The van der Waals surface area contributed by atoms with Crippen molar-refractivity contribution in [3.05, 3.63) is 66.5 Å². The van der Waals surface area contributed by atoms with Crippen LogP contribution in [0.15, 0.2) is 55.2 Å². The molecule has 1 unspecified atom stereocenters. The van der Waals surface area contributed by atoms with Crippen LogP contribution in [-0.2, 0) is 6.18 Å². The van der Waals surface area contributed by atoms with Crippen LogP contribution in [0.4, 0.5) is 32.3 Å². The lowest BCUT2D eigenvalue weighted by Gasteiger charge is -2.22. The van der Waals surface area contributed by atoms with Gasteiger partial charge in [-0.05, 0) is 35.2 Å². The van der Waals surface area contributed by atoms with Crippen molar-refractivity contribution in [2.75, 3.05) is 12.3 Å². The lowest BCUT2D eigenvalue weighted by molar-refractivity contribution is -0.154. The van der Waals surface area contributed by atoms with Crippen molar-refractivity contribution in [3.63, 3.8) is 0 Å². The Morgan fingerprint density at radius 1 is 0.902 bits per heavy atom. The van der Waals surface area contributed by atoms with E-state index in [1.165, 1.54) is 29.2 Å². The van der Waals surface area contributed by atoms with Gasteiger partial charge in [-0.25, -0.2) is 14.5 Å². The van der Waals surface area contributed by atoms with Crippen LogP contribution in [0.5, 0.6) is 6.01 Å². The lowest BCUT2D eigenvalue weighted by Crippen LogP contribution is -2.20. The Labute approximate surface area is 227 Å². The van der Waals surface area contributed by atoms with Crippen LogP contribution < -0.4 is 10.5 Å². The monoisotopic (exact) mass is 577 g/mol. The molecule has 1 atom stereocenters. The van der Waals surface area contributed by atoms with Crippen LogP contribution in [0.1, 0.15) is 31.1 Å². The number of rotatable bonds is 7. The van der Waals surface area contributed by atoms with Crippen molar-refractivity contribution in [1.82, 2.24) is 39.3 Å². The van der Waals surface area contributed by atoms with Gasteiger partial charge < -0.3 is 10.5 Å². The number of nitrogen functional groups attached to an aromatic ring is 1. The molecule has 0 saturated carbocycles. The average molecular weight is 577 g/mol. The van der Waals surface area contributed by atoms with Gasteiger partial charge in [0.2, 0.25) is 5.95 Å². The first-order chi connectivity index (χ1) is 19.3. The van der Waals surface area contributed by atoms with E-state index in [0.717, 1.165) is 6.07 Å². The summed E-state index contributed by atoms with van der Waals surface area (Å²) in [5.74, 6) is -0.0642. The molecule has 0 aliphatic heterocycles. The molecule has 5 aromatic rings. The molecule has 41 heavy (non-hydrogen) atoms. The fourth-order valence-corrected chi connectivity index (χ4v) is 4.27. The first-order valence-electron chi connectivity index (χ1n) is 12.0. The van der Waals surface area contributed by atoms with Crippen molar-refractivity contribution in [1.29, 1.82) is 0 Å². The highest BCUT2D eigenvalue weighted by atomic mass is 19.4. The first-order valence-corrected chi connectivity index (χ1v) is 12.0. The number of hydrogen-bond acceptors (Lipinski definition) is 8. The van der Waals surface area contributed by atoms with Crippen LogP contribution in [0, 0.1) is 5.92 Å². The molecule has 5 aromatic heterocycles. The fraction of sp³-hybridized carbons (Fsp3) is 0.280. The maximum Gasteiger partial charge on any atom is 0.433 e. The zero-order valence-electron chi connectivity index (χ0n) is 21.4. The van der Waals surface area contributed by atoms with E-state index in [-0.39, 0.29) is 11.9 Å². The van der Waals surface area contributed by atoms with E-state index in [1.54, 1.807) is 29.2 Å². The minimum Gasteiger partial charge on any atom is -0.454 e. The normalized spacial score (nSPS) is 13.2. The van der Waals surface area contributed by atoms with Gasteiger partial charge in [0.05, 0.1) is 17.9 Å². The third-order valence-electron chi connectivity index (χ3n) is 6.01. The second kappa shape index (κ2) is 10.3. The minimum atomic E-state index is -4.55. The highest BCUT2D eigenvalue weighted by Crippen LogP contribution is 2.33. The Balaban J connectivity index is 1.49. The lowest BCUT2D eigenvalue weighted by atomic mass is 9.97. The van der Waals surface area contributed by atoms with E-state index in [0.29, 0.717) is 33.6 Å². The molecule has 0 amide bonds. The van der Waals surface area contributed by atoms with E-state index >= 15 is 0 Å². The molecule has 5 heterocycles. The molecule has 0 saturated heterocycles. The molecule has 214 valence electrons. The summed E-state index contributed by atoms with van der Waals surface area (Å²) in [5.41, 5.74) is 7.86. The number of pyridine rings is 2. The first kappa shape index (κ1) is 27.8. The van der Waals surface area contributed by atoms with Crippen LogP contribution in [0.3, 0.4) is 0 Å². The van der Waals surface area contributed by atoms with Gasteiger partial charge in [0.15, 0.2) is 12.3 Å². The molecule has 2 N–H and O–H groups in total. The number of fused-ring (bicyclic) bond motifs is 1. The number of anilines is 1. The molecule has 0 aromatic carbocycles. The molecule has 0 fully saturated rings. The van der Waals surface area contributed by atoms with Crippen LogP contribution in [0.2, 0.25) is 0 Å². The van der Waals surface area contributed by atoms with E-state index in [9.17, 15) is 26.3 Å². The highest BCUT2D eigenvalue weighted by Gasteiger charge is 2.33. The van der Waals surface area contributed by atoms with E-state index in [1.807, 2.05) is 13.8 Å². The summed E-state index contributed by atoms with van der Waals surface area (Å²) in [6.45, 7) is 2.29. The number of aromatic nitrogens is 8. The zero-order chi connectivity index (χ0) is 29.5. The largest absolute Gasteiger partial charge is 0.454 e. The predicted octanol–water partition coefficient (Wildman–Crippen LogP) is 5.23. The zero-order valence-corrected chi connectivity index (χ0v) is 21.4. The molecule has 16 heteroatoms. The van der Waals surface area contributed by atoms with Crippen LogP contribution >= 0.6 is 0 Å². The molecule has 5 rings (SSSR count). The minimum absolute atomic E-state index is 0.0141. The van der Waals surface area contributed by atoms with Gasteiger partial charge in [0.1, 0.15) is 5.69 Å².